The Morgan fingerprint density at radius 1 is 1.56 bits per heavy atom. The van der Waals surface area contributed by atoms with Gasteiger partial charge in [-0.25, -0.2) is 0 Å². The predicted octanol–water partition coefficient (Wildman–Crippen LogP) is 0.0146. The summed E-state index contributed by atoms with van der Waals surface area (Å²) >= 11 is 1.72. The Hall–Kier alpha value is -0.750. The Balaban J connectivity index is 2.51. The molecule has 2 N–H and O–H groups in total. The number of aliphatic carboxylic acids is 1. The first-order valence-corrected chi connectivity index (χ1v) is 6.54. The van der Waals surface area contributed by atoms with Crippen molar-refractivity contribution in [3.8, 4) is 0 Å². The molecule has 0 aromatic carbocycles. The maximum atomic E-state index is 11.8. The van der Waals surface area contributed by atoms with E-state index in [4.69, 9.17) is 5.11 Å². The summed E-state index contributed by atoms with van der Waals surface area (Å²) in [5.74, 6) is 0.860. The molecule has 0 radical (unpaired) electrons. The van der Waals surface area contributed by atoms with E-state index < -0.39 is 5.97 Å². The molecule has 1 heterocycles. The summed E-state index contributed by atoms with van der Waals surface area (Å²) in [6.45, 7) is 1.31. The number of rotatable bonds is 5. The van der Waals surface area contributed by atoms with Gasteiger partial charge in [0.1, 0.15) is 0 Å². The summed E-state index contributed by atoms with van der Waals surface area (Å²) < 4.78 is 0. The van der Waals surface area contributed by atoms with Gasteiger partial charge in [-0.2, -0.15) is 11.8 Å². The number of nitrogens with one attached hydrogen (secondary N) is 1. The number of hydrogen-bond acceptors (Lipinski definition) is 4. The standard InChI is InChI=1S/C10H18N2O3S/c1-11-3-2-9(13)12-4-5-16-7-8(12)6-10(14)15/h8,11H,2-7H2,1H3,(H,14,15). The van der Waals surface area contributed by atoms with E-state index in [1.54, 1.807) is 23.7 Å². The van der Waals surface area contributed by atoms with Crippen molar-refractivity contribution in [2.24, 2.45) is 0 Å². The van der Waals surface area contributed by atoms with Gasteiger partial charge in [0.05, 0.1) is 12.5 Å². The number of carboxylic acid groups (broad SMARTS) is 1. The number of carbonyl (C=O) groups excluding carboxylic acids is 1. The van der Waals surface area contributed by atoms with Crippen LogP contribution in [0.4, 0.5) is 0 Å². The zero-order valence-corrected chi connectivity index (χ0v) is 10.3. The van der Waals surface area contributed by atoms with E-state index in [-0.39, 0.29) is 18.4 Å². The van der Waals surface area contributed by atoms with Crippen molar-refractivity contribution >= 4 is 23.6 Å². The lowest BCUT2D eigenvalue weighted by Crippen LogP contribution is -2.47. The fourth-order valence-electron chi connectivity index (χ4n) is 1.73. The molecule has 0 bridgehead atoms. The quantitative estimate of drug-likeness (QED) is 0.715. The molecular formula is C10H18N2O3S. The first-order chi connectivity index (χ1) is 7.65. The number of amides is 1. The molecular weight excluding hydrogens is 228 g/mol. The topological polar surface area (TPSA) is 69.6 Å². The highest BCUT2D eigenvalue weighted by Gasteiger charge is 2.28. The lowest BCUT2D eigenvalue weighted by molar-refractivity contribution is -0.140. The van der Waals surface area contributed by atoms with Crippen LogP contribution in [0.1, 0.15) is 12.8 Å². The van der Waals surface area contributed by atoms with Crippen molar-refractivity contribution in [3.63, 3.8) is 0 Å². The van der Waals surface area contributed by atoms with Gasteiger partial charge < -0.3 is 15.3 Å². The molecule has 1 fully saturated rings. The molecule has 0 saturated carbocycles. The second-order valence-electron chi connectivity index (χ2n) is 3.77. The average molecular weight is 246 g/mol. The highest BCUT2D eigenvalue weighted by atomic mass is 32.2. The van der Waals surface area contributed by atoms with Gasteiger partial charge in [-0.3, -0.25) is 9.59 Å². The van der Waals surface area contributed by atoms with Crippen LogP contribution in [0.5, 0.6) is 0 Å². The van der Waals surface area contributed by atoms with Crippen molar-refractivity contribution in [1.29, 1.82) is 0 Å². The summed E-state index contributed by atoms with van der Waals surface area (Å²) in [5.41, 5.74) is 0. The molecule has 1 aliphatic heterocycles. The minimum atomic E-state index is -0.834. The number of carbonyl (C=O) groups is 2. The molecule has 1 aliphatic rings. The highest BCUT2D eigenvalue weighted by Crippen LogP contribution is 2.19. The molecule has 1 amide bonds. The molecule has 0 aromatic rings. The molecule has 1 rings (SSSR count). The van der Waals surface area contributed by atoms with Crippen molar-refractivity contribution < 1.29 is 14.7 Å². The summed E-state index contributed by atoms with van der Waals surface area (Å²) in [4.78, 5) is 24.2. The molecule has 1 unspecified atom stereocenters. The fourth-order valence-corrected chi connectivity index (χ4v) is 2.79. The number of nitrogens with zero attached hydrogens (tertiary/aromatic N) is 1. The van der Waals surface area contributed by atoms with Crippen LogP contribution in [0.3, 0.4) is 0 Å². The third kappa shape index (κ3) is 4.02. The molecule has 6 heteroatoms. The van der Waals surface area contributed by atoms with Gasteiger partial charge in [0.25, 0.3) is 0 Å². The lowest BCUT2D eigenvalue weighted by atomic mass is 10.2. The molecule has 0 spiro atoms. The maximum Gasteiger partial charge on any atom is 0.305 e. The van der Waals surface area contributed by atoms with Crippen LogP contribution in [-0.2, 0) is 9.59 Å². The minimum Gasteiger partial charge on any atom is -0.481 e. The van der Waals surface area contributed by atoms with Crippen LogP contribution in [0.15, 0.2) is 0 Å². The molecule has 16 heavy (non-hydrogen) atoms. The van der Waals surface area contributed by atoms with Crippen molar-refractivity contribution in [3.05, 3.63) is 0 Å². The van der Waals surface area contributed by atoms with E-state index in [0.717, 1.165) is 11.5 Å². The van der Waals surface area contributed by atoms with Gasteiger partial charge in [0.15, 0.2) is 0 Å². The molecule has 1 saturated heterocycles. The Bertz CT molecular complexity index is 260. The Labute approximate surface area is 99.6 Å². The zero-order valence-electron chi connectivity index (χ0n) is 9.44. The summed E-state index contributed by atoms with van der Waals surface area (Å²) in [5, 5.41) is 11.7. The van der Waals surface area contributed by atoms with Gasteiger partial charge in [-0.15, -0.1) is 0 Å². The Morgan fingerprint density at radius 3 is 2.94 bits per heavy atom. The van der Waals surface area contributed by atoms with Crippen LogP contribution in [0.2, 0.25) is 0 Å². The van der Waals surface area contributed by atoms with Gasteiger partial charge >= 0.3 is 5.97 Å². The second-order valence-corrected chi connectivity index (χ2v) is 4.92. The second kappa shape index (κ2) is 6.75. The smallest absolute Gasteiger partial charge is 0.305 e. The SMILES string of the molecule is CNCCC(=O)N1CCSCC1CC(=O)O. The van der Waals surface area contributed by atoms with Crippen LogP contribution in [-0.4, -0.2) is 59.6 Å². The molecule has 0 aromatic heterocycles. The number of thioether (sulfide) groups is 1. The van der Waals surface area contributed by atoms with Crippen LogP contribution >= 0.6 is 11.8 Å². The van der Waals surface area contributed by atoms with Crippen molar-refractivity contribution in [2.75, 3.05) is 31.6 Å². The molecule has 92 valence electrons. The molecule has 5 nitrogen and oxygen atoms in total. The largest absolute Gasteiger partial charge is 0.481 e. The maximum absolute atomic E-state index is 11.8. The normalized spacial score (nSPS) is 20.8. The first kappa shape index (κ1) is 13.3. The number of carboxylic acids is 1. The van der Waals surface area contributed by atoms with E-state index in [9.17, 15) is 9.59 Å². The van der Waals surface area contributed by atoms with Crippen LogP contribution in [0.25, 0.3) is 0 Å². The molecule has 0 aliphatic carbocycles. The Kier molecular flexibility index (Phi) is 5.62. The summed E-state index contributed by atoms with van der Waals surface area (Å²) in [6, 6.07) is -0.138. The Morgan fingerprint density at radius 2 is 2.31 bits per heavy atom. The molecule has 1 atom stereocenters. The fraction of sp³-hybridized carbons (Fsp3) is 0.800. The summed E-state index contributed by atoms with van der Waals surface area (Å²) in [7, 11) is 1.80. The van der Waals surface area contributed by atoms with Gasteiger partial charge in [0.2, 0.25) is 5.91 Å². The third-order valence-corrected chi connectivity index (χ3v) is 3.64. The van der Waals surface area contributed by atoms with E-state index >= 15 is 0 Å². The van der Waals surface area contributed by atoms with Gasteiger partial charge in [-0.1, -0.05) is 0 Å². The predicted molar refractivity (Wildman–Crippen MR) is 63.6 cm³/mol. The van der Waals surface area contributed by atoms with E-state index in [2.05, 4.69) is 5.32 Å². The van der Waals surface area contributed by atoms with Crippen molar-refractivity contribution in [2.45, 2.75) is 18.9 Å². The third-order valence-electron chi connectivity index (χ3n) is 2.55. The van der Waals surface area contributed by atoms with Gasteiger partial charge in [0, 0.05) is 31.0 Å². The highest BCUT2D eigenvalue weighted by molar-refractivity contribution is 7.99. The van der Waals surface area contributed by atoms with Crippen molar-refractivity contribution in [1.82, 2.24) is 10.2 Å². The van der Waals surface area contributed by atoms with Crippen LogP contribution < -0.4 is 5.32 Å². The average Bonchev–Trinajstić information content (AvgIpc) is 2.26. The lowest BCUT2D eigenvalue weighted by Gasteiger charge is -2.34. The van der Waals surface area contributed by atoms with Gasteiger partial charge in [-0.05, 0) is 7.05 Å². The van der Waals surface area contributed by atoms with Crippen LogP contribution in [0, 0.1) is 0 Å². The van der Waals surface area contributed by atoms with E-state index in [1.807, 2.05) is 0 Å². The van der Waals surface area contributed by atoms with E-state index in [0.29, 0.717) is 19.5 Å². The summed E-state index contributed by atoms with van der Waals surface area (Å²) in [6.07, 6.45) is 0.496. The minimum absolute atomic E-state index is 0.0539. The number of hydrogen-bond donors (Lipinski definition) is 2. The van der Waals surface area contributed by atoms with E-state index in [1.165, 1.54) is 0 Å². The monoisotopic (exact) mass is 246 g/mol. The zero-order chi connectivity index (χ0) is 12.0. The first-order valence-electron chi connectivity index (χ1n) is 5.38.